The van der Waals surface area contributed by atoms with Gasteiger partial charge in [0.1, 0.15) is 0 Å². The Morgan fingerprint density at radius 3 is 2.06 bits per heavy atom. The predicted molar refractivity (Wildman–Crippen MR) is 73.4 cm³/mol. The Hall–Kier alpha value is -0.620. The van der Waals surface area contributed by atoms with Crippen LogP contribution >= 0.6 is 11.6 Å². The van der Waals surface area contributed by atoms with E-state index in [4.69, 9.17) is 23.1 Å². The molecule has 1 aromatic carbocycles. The molecule has 0 heterocycles. The second-order valence-corrected chi connectivity index (χ2v) is 7.52. The predicted octanol–water partition coefficient (Wildman–Crippen LogP) is 0.754. The van der Waals surface area contributed by atoms with Crippen molar-refractivity contribution in [3.8, 4) is 0 Å². The fourth-order valence-electron chi connectivity index (χ4n) is 2.87. The highest BCUT2D eigenvalue weighted by Crippen LogP contribution is 2.61. The highest BCUT2D eigenvalue weighted by Gasteiger charge is 2.68. The lowest BCUT2D eigenvalue weighted by Gasteiger charge is -2.12. The zero-order chi connectivity index (χ0) is 13.6. The first-order valence-electron chi connectivity index (χ1n) is 5.71. The number of halogens is 1. The molecule has 0 aliphatic heterocycles. The molecular formula is C12H17ClN2O2S. The third-order valence-electron chi connectivity index (χ3n) is 3.83. The maximum atomic E-state index is 11.8. The Bertz CT molecular complexity index is 538. The van der Waals surface area contributed by atoms with E-state index in [0.29, 0.717) is 5.02 Å². The van der Waals surface area contributed by atoms with Crippen LogP contribution in [0, 0.1) is 5.41 Å². The van der Waals surface area contributed by atoms with Crippen LogP contribution < -0.4 is 11.5 Å². The van der Waals surface area contributed by atoms with Gasteiger partial charge in [0.05, 0.1) is 5.25 Å². The van der Waals surface area contributed by atoms with Crippen LogP contribution in [0.25, 0.3) is 0 Å². The van der Waals surface area contributed by atoms with Gasteiger partial charge in [-0.2, -0.15) is 0 Å². The number of hydrogen-bond acceptors (Lipinski definition) is 4. The molecule has 18 heavy (non-hydrogen) atoms. The van der Waals surface area contributed by atoms with Gasteiger partial charge in [0.2, 0.25) is 0 Å². The van der Waals surface area contributed by atoms with Crippen molar-refractivity contribution in [1.82, 2.24) is 0 Å². The molecule has 1 fully saturated rings. The molecule has 1 aromatic rings. The van der Waals surface area contributed by atoms with E-state index in [9.17, 15) is 8.42 Å². The van der Waals surface area contributed by atoms with E-state index in [1.807, 2.05) is 12.1 Å². The van der Waals surface area contributed by atoms with E-state index in [1.165, 1.54) is 6.26 Å². The van der Waals surface area contributed by atoms with Crippen LogP contribution in [0.3, 0.4) is 0 Å². The van der Waals surface area contributed by atoms with Crippen molar-refractivity contribution >= 4 is 21.4 Å². The van der Waals surface area contributed by atoms with Crippen LogP contribution in [-0.4, -0.2) is 33.0 Å². The summed E-state index contributed by atoms with van der Waals surface area (Å²) in [5.74, 6) is -0.125. The smallest absolute Gasteiger partial charge is 0.151 e. The van der Waals surface area contributed by atoms with Crippen molar-refractivity contribution in [3.63, 3.8) is 0 Å². The number of nitrogens with two attached hydrogens (primary N) is 2. The average molecular weight is 289 g/mol. The summed E-state index contributed by atoms with van der Waals surface area (Å²) < 4.78 is 23.7. The maximum Gasteiger partial charge on any atom is 0.151 e. The third kappa shape index (κ3) is 2.05. The molecule has 0 amide bonds. The Kier molecular flexibility index (Phi) is 3.44. The first kappa shape index (κ1) is 13.8. The van der Waals surface area contributed by atoms with Gasteiger partial charge in [-0.05, 0) is 17.7 Å². The van der Waals surface area contributed by atoms with Crippen LogP contribution in [0.15, 0.2) is 24.3 Å². The minimum Gasteiger partial charge on any atom is -0.330 e. The monoisotopic (exact) mass is 288 g/mol. The molecule has 4 nitrogen and oxygen atoms in total. The largest absolute Gasteiger partial charge is 0.330 e. The molecule has 0 aromatic heterocycles. The normalized spacial score (nSPS) is 26.0. The van der Waals surface area contributed by atoms with Gasteiger partial charge in [0.15, 0.2) is 9.84 Å². The molecule has 0 unspecified atom stereocenters. The average Bonchev–Trinajstić information content (AvgIpc) is 3.00. The van der Waals surface area contributed by atoms with Crippen LogP contribution in [-0.2, 0) is 9.84 Å². The SMILES string of the molecule is CS(=O)(=O)[C@@H]1[C@@H](c2ccc(Cl)cc2)C1(CN)CN. The van der Waals surface area contributed by atoms with E-state index in [0.717, 1.165) is 5.56 Å². The summed E-state index contributed by atoms with van der Waals surface area (Å²) in [5, 5.41) is 0.141. The quantitative estimate of drug-likeness (QED) is 0.856. The Labute approximate surface area is 112 Å². The second kappa shape index (κ2) is 4.49. The topological polar surface area (TPSA) is 86.2 Å². The molecule has 1 saturated carbocycles. The Morgan fingerprint density at radius 2 is 1.72 bits per heavy atom. The van der Waals surface area contributed by atoms with E-state index in [1.54, 1.807) is 12.1 Å². The molecule has 0 saturated heterocycles. The first-order chi connectivity index (χ1) is 8.36. The van der Waals surface area contributed by atoms with E-state index in [2.05, 4.69) is 0 Å². The van der Waals surface area contributed by atoms with E-state index >= 15 is 0 Å². The second-order valence-electron chi connectivity index (χ2n) is 4.92. The molecule has 100 valence electrons. The van der Waals surface area contributed by atoms with Gasteiger partial charge in [-0.25, -0.2) is 8.42 Å². The molecule has 1 aliphatic carbocycles. The van der Waals surface area contributed by atoms with Crippen LogP contribution in [0.2, 0.25) is 5.02 Å². The lowest BCUT2D eigenvalue weighted by Crippen LogP contribution is -2.31. The van der Waals surface area contributed by atoms with Crippen molar-refractivity contribution in [1.29, 1.82) is 0 Å². The van der Waals surface area contributed by atoms with Crippen LogP contribution in [0.1, 0.15) is 11.5 Å². The number of sulfone groups is 1. The fraction of sp³-hybridized carbons (Fsp3) is 0.500. The van der Waals surface area contributed by atoms with Crippen LogP contribution in [0.5, 0.6) is 0 Å². The zero-order valence-electron chi connectivity index (χ0n) is 10.1. The Balaban J connectivity index is 2.41. The summed E-state index contributed by atoms with van der Waals surface area (Å²) in [7, 11) is -3.16. The van der Waals surface area contributed by atoms with Crippen molar-refractivity contribution in [3.05, 3.63) is 34.9 Å². The van der Waals surface area contributed by atoms with Gasteiger partial charge in [-0.1, -0.05) is 23.7 Å². The summed E-state index contributed by atoms with van der Waals surface area (Å²) in [6, 6.07) is 7.20. The minimum absolute atomic E-state index is 0.125. The van der Waals surface area contributed by atoms with Gasteiger partial charge in [-0.15, -0.1) is 0 Å². The van der Waals surface area contributed by atoms with E-state index in [-0.39, 0.29) is 19.0 Å². The van der Waals surface area contributed by atoms with Gasteiger partial charge in [0, 0.05) is 35.7 Å². The minimum atomic E-state index is -3.16. The molecule has 0 bridgehead atoms. The summed E-state index contributed by atoms with van der Waals surface area (Å²) in [6.07, 6.45) is 1.24. The van der Waals surface area contributed by atoms with Crippen molar-refractivity contribution < 1.29 is 8.42 Å². The highest BCUT2D eigenvalue weighted by molar-refractivity contribution is 7.91. The number of hydrogen-bond donors (Lipinski definition) is 2. The summed E-state index contributed by atoms with van der Waals surface area (Å²) in [4.78, 5) is 0. The lowest BCUT2D eigenvalue weighted by atomic mass is 9.99. The van der Waals surface area contributed by atoms with Gasteiger partial charge >= 0.3 is 0 Å². The fourth-order valence-corrected chi connectivity index (χ4v) is 5.04. The number of rotatable bonds is 4. The third-order valence-corrected chi connectivity index (χ3v) is 5.75. The molecule has 0 radical (unpaired) electrons. The first-order valence-corrected chi connectivity index (χ1v) is 8.04. The maximum absolute atomic E-state index is 11.8. The van der Waals surface area contributed by atoms with Gasteiger partial charge in [0.25, 0.3) is 0 Å². The summed E-state index contributed by atoms with van der Waals surface area (Å²) >= 11 is 5.83. The standard InChI is InChI=1S/C12H17ClN2O2S/c1-18(16,17)11-10(12(11,6-14)7-15)8-2-4-9(13)5-3-8/h2-5,10-11H,6-7,14-15H2,1H3/t10-,11-/m1/s1. The van der Waals surface area contributed by atoms with Crippen molar-refractivity contribution in [2.45, 2.75) is 11.2 Å². The van der Waals surface area contributed by atoms with E-state index < -0.39 is 20.5 Å². The molecule has 2 atom stereocenters. The zero-order valence-corrected chi connectivity index (χ0v) is 11.7. The summed E-state index contributed by atoms with van der Waals surface area (Å²) in [6.45, 7) is 0.545. The molecule has 0 spiro atoms. The Morgan fingerprint density at radius 1 is 1.22 bits per heavy atom. The van der Waals surface area contributed by atoms with Crippen molar-refractivity contribution in [2.75, 3.05) is 19.3 Å². The van der Waals surface area contributed by atoms with Crippen LogP contribution in [0.4, 0.5) is 0 Å². The summed E-state index contributed by atoms with van der Waals surface area (Å²) in [5.41, 5.74) is 11.9. The molecule has 1 aliphatic rings. The molecule has 6 heteroatoms. The highest BCUT2D eigenvalue weighted by atomic mass is 35.5. The van der Waals surface area contributed by atoms with Crippen molar-refractivity contribution in [2.24, 2.45) is 16.9 Å². The number of benzene rings is 1. The molecule has 2 rings (SSSR count). The van der Waals surface area contributed by atoms with Gasteiger partial charge in [-0.3, -0.25) is 0 Å². The van der Waals surface area contributed by atoms with Gasteiger partial charge < -0.3 is 11.5 Å². The molecule has 4 N–H and O–H groups in total. The lowest BCUT2D eigenvalue weighted by molar-refractivity contribution is 0.511. The molecular weight excluding hydrogens is 272 g/mol.